The zero-order valence-corrected chi connectivity index (χ0v) is 18.9. The molecule has 1 heterocycles. The Morgan fingerprint density at radius 3 is 2.36 bits per heavy atom. The molecule has 0 radical (unpaired) electrons. The predicted molar refractivity (Wildman–Crippen MR) is 110 cm³/mol. The van der Waals surface area contributed by atoms with E-state index in [1.165, 1.54) is 4.90 Å². The van der Waals surface area contributed by atoms with Crippen molar-refractivity contribution in [1.29, 1.82) is 0 Å². The van der Waals surface area contributed by atoms with Gasteiger partial charge < -0.3 is 14.6 Å². The number of hydrogen-bond acceptors (Lipinski definition) is 5. The summed E-state index contributed by atoms with van der Waals surface area (Å²) in [6, 6.07) is 5.69. The van der Waals surface area contributed by atoms with Gasteiger partial charge in [0.1, 0.15) is 6.04 Å². The van der Waals surface area contributed by atoms with Gasteiger partial charge in [-0.15, -0.1) is 0 Å². The van der Waals surface area contributed by atoms with E-state index in [0.717, 1.165) is 10.0 Å². The molecule has 1 fully saturated rings. The molecule has 0 aromatic heterocycles. The third-order valence-electron chi connectivity index (χ3n) is 4.93. The van der Waals surface area contributed by atoms with Crippen LogP contribution in [0.1, 0.15) is 53.1 Å². The average molecular weight is 456 g/mol. The highest BCUT2D eigenvalue weighted by Gasteiger charge is 2.59. The molecule has 1 aliphatic heterocycles. The minimum Gasteiger partial charge on any atom is -0.464 e. The second-order valence-corrected chi connectivity index (χ2v) is 9.24. The van der Waals surface area contributed by atoms with Gasteiger partial charge in [0.05, 0.1) is 24.9 Å². The molecule has 4 atom stereocenters. The smallest absolute Gasteiger partial charge is 0.411 e. The van der Waals surface area contributed by atoms with Gasteiger partial charge in [-0.3, -0.25) is 4.90 Å². The lowest BCUT2D eigenvalue weighted by Crippen LogP contribution is -2.48. The Labute approximate surface area is 175 Å². The number of esters is 1. The zero-order chi connectivity index (χ0) is 21.2. The Morgan fingerprint density at radius 2 is 1.86 bits per heavy atom. The summed E-state index contributed by atoms with van der Waals surface area (Å²) >= 11 is 3.51. The molecule has 0 saturated carbocycles. The van der Waals surface area contributed by atoms with E-state index in [9.17, 15) is 14.7 Å². The molecule has 7 heteroatoms. The average Bonchev–Trinajstić information content (AvgIpc) is 2.88. The third-order valence-corrected chi connectivity index (χ3v) is 5.65. The van der Waals surface area contributed by atoms with E-state index >= 15 is 0 Å². The van der Waals surface area contributed by atoms with E-state index < -0.39 is 41.6 Å². The molecule has 1 aliphatic rings. The van der Waals surface area contributed by atoms with E-state index in [1.54, 1.807) is 20.8 Å². The number of aliphatic hydroxyl groups excluding tert-OH is 1. The lowest BCUT2D eigenvalue weighted by Gasteiger charge is -2.34. The Hall–Kier alpha value is -1.60. The first-order valence-corrected chi connectivity index (χ1v) is 10.4. The molecule has 1 aromatic rings. The number of ether oxygens (including phenoxy) is 2. The van der Waals surface area contributed by atoms with Crippen LogP contribution in [0.3, 0.4) is 0 Å². The van der Waals surface area contributed by atoms with Gasteiger partial charge in [0.15, 0.2) is 0 Å². The van der Waals surface area contributed by atoms with Crippen molar-refractivity contribution in [1.82, 2.24) is 4.90 Å². The van der Waals surface area contributed by atoms with Gasteiger partial charge in [-0.25, -0.2) is 9.59 Å². The van der Waals surface area contributed by atoms with Crippen molar-refractivity contribution in [2.75, 3.05) is 6.61 Å². The van der Waals surface area contributed by atoms with Crippen LogP contribution >= 0.6 is 15.9 Å². The number of carbonyl (C=O) groups excluding carboxylic acids is 2. The predicted octanol–water partition coefficient (Wildman–Crippen LogP) is 4.31. The SMILES string of the molecule is CCOC(=O)[C@@H]1[C@@H](C(C)(C)C)[C@@H](O)[C@H](c2ccccc2Br)N1C(=O)OC(C)C. The first-order chi connectivity index (χ1) is 13.0. The van der Waals surface area contributed by atoms with Crippen molar-refractivity contribution in [3.8, 4) is 0 Å². The van der Waals surface area contributed by atoms with Crippen molar-refractivity contribution < 1.29 is 24.2 Å². The number of nitrogens with zero attached hydrogens (tertiary/aromatic N) is 1. The summed E-state index contributed by atoms with van der Waals surface area (Å²) in [5, 5.41) is 11.3. The monoisotopic (exact) mass is 455 g/mol. The van der Waals surface area contributed by atoms with Crippen LogP contribution in [-0.4, -0.2) is 46.9 Å². The molecule has 0 bridgehead atoms. The van der Waals surface area contributed by atoms with Crippen molar-refractivity contribution in [3.05, 3.63) is 34.3 Å². The minimum atomic E-state index is -0.965. The van der Waals surface area contributed by atoms with Gasteiger partial charge in [0.25, 0.3) is 0 Å². The molecule has 1 aromatic carbocycles. The number of carbonyl (C=O) groups is 2. The van der Waals surface area contributed by atoms with Gasteiger partial charge in [-0.1, -0.05) is 54.9 Å². The summed E-state index contributed by atoms with van der Waals surface area (Å²) < 4.78 is 11.5. The Kier molecular flexibility index (Phi) is 7.15. The highest BCUT2D eigenvalue weighted by molar-refractivity contribution is 9.10. The molecular weight excluding hydrogens is 426 g/mol. The maximum Gasteiger partial charge on any atom is 0.411 e. The number of amides is 1. The maximum atomic E-state index is 13.1. The van der Waals surface area contributed by atoms with E-state index in [4.69, 9.17) is 9.47 Å². The minimum absolute atomic E-state index is 0.190. The fourth-order valence-corrected chi connectivity index (χ4v) is 4.43. The fourth-order valence-electron chi connectivity index (χ4n) is 3.91. The van der Waals surface area contributed by atoms with Crippen LogP contribution in [0.25, 0.3) is 0 Å². The number of aliphatic hydroxyl groups is 1. The van der Waals surface area contributed by atoms with E-state index in [1.807, 2.05) is 45.0 Å². The molecular formula is C21H30BrNO5. The highest BCUT2D eigenvalue weighted by atomic mass is 79.9. The molecule has 1 N–H and O–H groups in total. The molecule has 0 spiro atoms. The molecule has 28 heavy (non-hydrogen) atoms. The van der Waals surface area contributed by atoms with Gasteiger partial charge in [0, 0.05) is 10.4 Å². The summed E-state index contributed by atoms with van der Waals surface area (Å²) in [6.45, 7) is 11.2. The molecule has 1 amide bonds. The number of benzene rings is 1. The van der Waals surface area contributed by atoms with Crippen molar-refractivity contribution in [2.45, 2.75) is 65.8 Å². The second kappa shape index (κ2) is 8.82. The summed E-state index contributed by atoms with van der Waals surface area (Å²) in [6.07, 6.45) is -1.96. The fraction of sp³-hybridized carbons (Fsp3) is 0.619. The maximum absolute atomic E-state index is 13.1. The quantitative estimate of drug-likeness (QED) is 0.684. The molecule has 2 rings (SSSR count). The lowest BCUT2D eigenvalue weighted by atomic mass is 9.74. The van der Waals surface area contributed by atoms with Crippen LogP contribution in [-0.2, 0) is 14.3 Å². The molecule has 156 valence electrons. The summed E-state index contributed by atoms with van der Waals surface area (Å²) in [5.41, 5.74) is 0.264. The molecule has 0 aliphatic carbocycles. The Bertz CT molecular complexity index is 715. The van der Waals surface area contributed by atoms with Gasteiger partial charge >= 0.3 is 12.1 Å². The largest absolute Gasteiger partial charge is 0.464 e. The molecule has 1 saturated heterocycles. The van der Waals surface area contributed by atoms with Crippen LogP contribution < -0.4 is 0 Å². The number of rotatable bonds is 4. The topological polar surface area (TPSA) is 76.1 Å². The Morgan fingerprint density at radius 1 is 1.25 bits per heavy atom. The molecule has 6 nitrogen and oxygen atoms in total. The lowest BCUT2D eigenvalue weighted by molar-refractivity contribution is -0.151. The van der Waals surface area contributed by atoms with Gasteiger partial charge in [-0.05, 0) is 37.8 Å². The van der Waals surface area contributed by atoms with Crippen LogP contribution in [0.2, 0.25) is 0 Å². The van der Waals surface area contributed by atoms with Gasteiger partial charge in [-0.2, -0.15) is 0 Å². The highest BCUT2D eigenvalue weighted by Crippen LogP contribution is 2.49. The van der Waals surface area contributed by atoms with Crippen LogP contribution in [0.4, 0.5) is 4.79 Å². The third kappa shape index (κ3) is 4.51. The van der Waals surface area contributed by atoms with E-state index in [-0.39, 0.29) is 12.7 Å². The van der Waals surface area contributed by atoms with Crippen molar-refractivity contribution in [3.63, 3.8) is 0 Å². The summed E-state index contributed by atoms with van der Waals surface area (Å²) in [7, 11) is 0. The standard InChI is InChI=1S/C21H30BrNO5/c1-7-27-19(25)17-15(21(4,5)6)18(24)16(13-10-8-9-11-14(13)22)23(17)20(26)28-12(2)3/h8-12,15-18,24H,7H2,1-6H3/t15-,16+,17+,18-/m1/s1. The first-order valence-electron chi connectivity index (χ1n) is 9.58. The van der Waals surface area contributed by atoms with Crippen molar-refractivity contribution in [2.24, 2.45) is 11.3 Å². The normalized spacial score (nSPS) is 25.1. The Balaban J connectivity index is 2.65. The van der Waals surface area contributed by atoms with E-state index in [2.05, 4.69) is 15.9 Å². The number of likely N-dealkylation sites (tertiary alicyclic amines) is 1. The zero-order valence-electron chi connectivity index (χ0n) is 17.3. The summed E-state index contributed by atoms with van der Waals surface area (Å²) in [4.78, 5) is 27.3. The van der Waals surface area contributed by atoms with Gasteiger partial charge in [0.2, 0.25) is 0 Å². The molecule has 0 unspecified atom stereocenters. The van der Waals surface area contributed by atoms with Crippen LogP contribution in [0, 0.1) is 11.3 Å². The first kappa shape index (κ1) is 22.7. The summed E-state index contributed by atoms with van der Waals surface area (Å²) in [5.74, 6) is -1.06. The second-order valence-electron chi connectivity index (χ2n) is 8.39. The van der Waals surface area contributed by atoms with Crippen LogP contribution in [0.5, 0.6) is 0 Å². The number of halogens is 1. The van der Waals surface area contributed by atoms with E-state index in [0.29, 0.717) is 0 Å². The number of hydrogen-bond donors (Lipinski definition) is 1. The van der Waals surface area contributed by atoms with Crippen LogP contribution in [0.15, 0.2) is 28.7 Å². The van der Waals surface area contributed by atoms with Crippen molar-refractivity contribution >= 4 is 28.0 Å².